The Morgan fingerprint density at radius 2 is 1.75 bits per heavy atom. The van der Waals surface area contributed by atoms with Crippen LogP contribution < -0.4 is 0 Å². The van der Waals surface area contributed by atoms with E-state index < -0.39 is 0 Å². The molecule has 4 heteroatoms. The summed E-state index contributed by atoms with van der Waals surface area (Å²) in [5, 5.41) is 13.4. The van der Waals surface area contributed by atoms with Gasteiger partial charge in [-0.2, -0.15) is 0 Å². The number of carbonyl (C=O) groups excluding carboxylic acids is 1. The van der Waals surface area contributed by atoms with Gasteiger partial charge in [-0.3, -0.25) is 4.79 Å². The normalized spacial score (nSPS) is 50.5. The number of carbonyl (C=O) groups is 1. The van der Waals surface area contributed by atoms with Gasteiger partial charge in [0.1, 0.15) is 0 Å². The fourth-order valence-electron chi connectivity index (χ4n) is 9.77. The van der Waals surface area contributed by atoms with Crippen LogP contribution in [0.3, 0.4) is 0 Å². The lowest BCUT2D eigenvalue weighted by Crippen LogP contribution is -2.62. The Balaban J connectivity index is 1.60. The second-order valence-corrected chi connectivity index (χ2v) is 13.5. The van der Waals surface area contributed by atoms with Crippen LogP contribution in [-0.2, 0) is 9.53 Å². The van der Waals surface area contributed by atoms with Crippen LogP contribution in [0.5, 0.6) is 0 Å². The standard InChI is InChI=1S/C28H43NO3/c1-24(2)13-15-28(23(30)32-6)16-14-26(4)18(20(28)17-24)7-8-22-25(3)11-10-21(29-31)19(25)9-12-27(22,26)5/h7,19-20,22,31H,8-17H2,1-6H3/t19?,20?,22?,25-,26+,27+,28-/m0/s1. The molecule has 0 amide bonds. The number of rotatable bonds is 1. The molecule has 4 fully saturated rings. The fourth-order valence-corrected chi connectivity index (χ4v) is 9.77. The Kier molecular flexibility index (Phi) is 4.81. The highest BCUT2D eigenvalue weighted by Gasteiger charge is 2.68. The van der Waals surface area contributed by atoms with Gasteiger partial charge < -0.3 is 9.94 Å². The zero-order chi connectivity index (χ0) is 23.2. The summed E-state index contributed by atoms with van der Waals surface area (Å²) in [7, 11) is 1.58. The van der Waals surface area contributed by atoms with Crippen LogP contribution in [0.25, 0.3) is 0 Å². The minimum absolute atomic E-state index is 0.0310. The van der Waals surface area contributed by atoms with Crippen molar-refractivity contribution in [3.05, 3.63) is 11.6 Å². The van der Waals surface area contributed by atoms with Gasteiger partial charge in [0.05, 0.1) is 18.2 Å². The Hall–Kier alpha value is -1.32. The van der Waals surface area contributed by atoms with E-state index in [0.29, 0.717) is 17.8 Å². The smallest absolute Gasteiger partial charge is 0.312 e. The Morgan fingerprint density at radius 1 is 1.03 bits per heavy atom. The van der Waals surface area contributed by atoms with Crippen molar-refractivity contribution in [1.29, 1.82) is 0 Å². The first-order chi connectivity index (χ1) is 15.0. The molecule has 1 N–H and O–H groups in total. The minimum Gasteiger partial charge on any atom is -0.469 e. The molecule has 5 rings (SSSR count). The summed E-state index contributed by atoms with van der Waals surface area (Å²) < 4.78 is 5.46. The molecule has 0 aromatic carbocycles. The van der Waals surface area contributed by atoms with E-state index in [-0.39, 0.29) is 33.0 Å². The molecule has 3 unspecified atom stereocenters. The van der Waals surface area contributed by atoms with Gasteiger partial charge in [0.15, 0.2) is 0 Å². The lowest BCUT2D eigenvalue weighted by molar-refractivity contribution is -0.173. The zero-order valence-electron chi connectivity index (χ0n) is 21.1. The molecule has 4 nitrogen and oxygen atoms in total. The summed E-state index contributed by atoms with van der Waals surface area (Å²) in [5.41, 5.74) is 3.11. The van der Waals surface area contributed by atoms with Crippen molar-refractivity contribution < 1.29 is 14.7 Å². The topological polar surface area (TPSA) is 58.9 Å². The summed E-state index contributed by atoms with van der Waals surface area (Å²) in [6, 6.07) is 0. The molecule has 7 atom stereocenters. The number of oxime groups is 1. The maximum absolute atomic E-state index is 13.3. The number of nitrogens with zero attached hydrogens (tertiary/aromatic N) is 1. The zero-order valence-corrected chi connectivity index (χ0v) is 21.1. The molecular formula is C28H43NO3. The number of hydrogen-bond donors (Lipinski definition) is 1. The van der Waals surface area contributed by atoms with Crippen LogP contribution in [0, 0.1) is 44.8 Å². The summed E-state index contributed by atoms with van der Waals surface area (Å²) in [4.78, 5) is 13.3. The minimum atomic E-state index is -0.329. The van der Waals surface area contributed by atoms with E-state index in [1.165, 1.54) is 6.42 Å². The summed E-state index contributed by atoms with van der Waals surface area (Å²) in [6.07, 6.45) is 13.3. The molecule has 0 saturated heterocycles. The van der Waals surface area contributed by atoms with E-state index >= 15 is 0 Å². The van der Waals surface area contributed by atoms with Gasteiger partial charge in [-0.15, -0.1) is 0 Å². The van der Waals surface area contributed by atoms with Gasteiger partial charge in [0, 0.05) is 5.92 Å². The molecule has 0 aliphatic heterocycles. The van der Waals surface area contributed by atoms with Crippen LogP contribution in [-0.4, -0.2) is 24.0 Å². The first-order valence-corrected chi connectivity index (χ1v) is 13.0. The van der Waals surface area contributed by atoms with Crippen LogP contribution in [0.4, 0.5) is 0 Å². The van der Waals surface area contributed by atoms with E-state index in [0.717, 1.165) is 63.5 Å². The molecule has 0 aromatic heterocycles. The van der Waals surface area contributed by atoms with Crippen molar-refractivity contribution in [3.63, 3.8) is 0 Å². The molecule has 5 aliphatic rings. The SMILES string of the molecule is COC(=O)[C@]12CCC(C)(C)CC1C1=CCC3[C@@]4(C)CCC(=NO)C4CC[C@@]3(C)[C@]1(C)CC2. The van der Waals surface area contributed by atoms with Gasteiger partial charge in [-0.25, -0.2) is 0 Å². The molecule has 0 aromatic rings. The van der Waals surface area contributed by atoms with Gasteiger partial charge >= 0.3 is 5.97 Å². The molecule has 5 aliphatic carbocycles. The number of methoxy groups -OCH3 is 1. The Bertz CT molecular complexity index is 889. The van der Waals surface area contributed by atoms with Crippen molar-refractivity contribution >= 4 is 11.7 Å². The van der Waals surface area contributed by atoms with Gasteiger partial charge in [0.2, 0.25) is 0 Å². The van der Waals surface area contributed by atoms with Crippen molar-refractivity contribution in [3.8, 4) is 0 Å². The Labute approximate surface area is 194 Å². The van der Waals surface area contributed by atoms with E-state index in [2.05, 4.69) is 45.9 Å². The average Bonchev–Trinajstić information content (AvgIpc) is 3.09. The monoisotopic (exact) mass is 441 g/mol. The third-order valence-corrected chi connectivity index (χ3v) is 11.9. The largest absolute Gasteiger partial charge is 0.469 e. The van der Waals surface area contributed by atoms with Gasteiger partial charge in [0.25, 0.3) is 0 Å². The molecule has 0 bridgehead atoms. The molecule has 0 heterocycles. The third kappa shape index (κ3) is 2.61. The van der Waals surface area contributed by atoms with E-state index in [1.54, 1.807) is 12.7 Å². The Morgan fingerprint density at radius 3 is 2.44 bits per heavy atom. The van der Waals surface area contributed by atoms with Crippen molar-refractivity contribution in [1.82, 2.24) is 0 Å². The molecule has 32 heavy (non-hydrogen) atoms. The lowest BCUT2D eigenvalue weighted by atomic mass is 9.36. The molecular weight excluding hydrogens is 398 g/mol. The van der Waals surface area contributed by atoms with Gasteiger partial charge in [-0.1, -0.05) is 51.4 Å². The highest BCUT2D eigenvalue weighted by atomic mass is 16.5. The maximum atomic E-state index is 13.3. The number of allylic oxidation sites excluding steroid dienone is 2. The van der Waals surface area contributed by atoms with E-state index in [1.807, 2.05) is 0 Å². The maximum Gasteiger partial charge on any atom is 0.312 e. The highest BCUT2D eigenvalue weighted by Crippen LogP contribution is 2.74. The predicted octanol–water partition coefficient (Wildman–Crippen LogP) is 6.77. The highest BCUT2D eigenvalue weighted by molar-refractivity contribution is 5.89. The summed E-state index contributed by atoms with van der Waals surface area (Å²) in [5.74, 6) is 1.36. The number of hydrogen-bond acceptors (Lipinski definition) is 4. The lowest BCUT2D eigenvalue weighted by Gasteiger charge is -2.68. The number of ether oxygens (including phenoxy) is 1. The van der Waals surface area contributed by atoms with Crippen LogP contribution in [0.1, 0.15) is 98.8 Å². The predicted molar refractivity (Wildman–Crippen MR) is 126 cm³/mol. The molecule has 0 spiro atoms. The molecule has 0 radical (unpaired) electrons. The van der Waals surface area contributed by atoms with Crippen molar-refractivity contribution in [2.45, 2.75) is 98.8 Å². The average molecular weight is 442 g/mol. The fraction of sp³-hybridized carbons (Fsp3) is 0.857. The van der Waals surface area contributed by atoms with Crippen LogP contribution in [0.15, 0.2) is 16.8 Å². The summed E-state index contributed by atoms with van der Waals surface area (Å²) >= 11 is 0. The summed E-state index contributed by atoms with van der Waals surface area (Å²) in [6.45, 7) is 12.3. The second kappa shape index (κ2) is 6.85. The molecule has 178 valence electrons. The first-order valence-electron chi connectivity index (χ1n) is 13.0. The van der Waals surface area contributed by atoms with E-state index in [4.69, 9.17) is 4.74 Å². The first kappa shape index (κ1) is 22.5. The van der Waals surface area contributed by atoms with E-state index in [9.17, 15) is 10.0 Å². The van der Waals surface area contributed by atoms with Crippen molar-refractivity contribution in [2.75, 3.05) is 7.11 Å². The molecule has 4 saturated carbocycles. The quantitative estimate of drug-likeness (QED) is 0.211. The number of fused-ring (bicyclic) bond motifs is 7. The second-order valence-electron chi connectivity index (χ2n) is 13.5. The van der Waals surface area contributed by atoms with Crippen molar-refractivity contribution in [2.24, 2.45) is 50.0 Å². The van der Waals surface area contributed by atoms with Crippen LogP contribution >= 0.6 is 0 Å². The van der Waals surface area contributed by atoms with Crippen LogP contribution in [0.2, 0.25) is 0 Å². The third-order valence-electron chi connectivity index (χ3n) is 11.9. The number of esters is 1. The van der Waals surface area contributed by atoms with Gasteiger partial charge in [-0.05, 0) is 97.7 Å².